The first-order chi connectivity index (χ1) is 8.66. The highest BCUT2D eigenvalue weighted by Gasteiger charge is 2.24. The van der Waals surface area contributed by atoms with E-state index in [0.717, 1.165) is 30.3 Å². The molecule has 98 valence electrons. The molecule has 0 N–H and O–H groups in total. The molecular weight excluding hydrogens is 290 g/mol. The molecule has 1 unspecified atom stereocenters. The Bertz CT molecular complexity index is 401. The fourth-order valence-electron chi connectivity index (χ4n) is 2.60. The van der Waals surface area contributed by atoms with Crippen LogP contribution in [0.5, 0.6) is 0 Å². The number of nitrogens with zero attached hydrogens (tertiary/aromatic N) is 1. The normalized spacial score (nSPS) is 21.1. The van der Waals surface area contributed by atoms with E-state index in [-0.39, 0.29) is 6.04 Å². The molecule has 0 aromatic heterocycles. The van der Waals surface area contributed by atoms with Crippen LogP contribution in [0.1, 0.15) is 37.7 Å². The lowest BCUT2D eigenvalue weighted by molar-refractivity contribution is -0.123. The third-order valence-corrected chi connectivity index (χ3v) is 4.18. The molecule has 18 heavy (non-hydrogen) atoms. The van der Waals surface area contributed by atoms with Crippen molar-refractivity contribution in [2.24, 2.45) is 0 Å². The van der Waals surface area contributed by atoms with Crippen LogP contribution >= 0.6 is 15.9 Å². The molecule has 2 rings (SSSR count). The Balaban J connectivity index is 1.99. The van der Waals surface area contributed by atoms with Gasteiger partial charge in [-0.05, 0) is 37.6 Å². The standard InChI is InChI=1S/C15H20BrNO/c1-17(11-12-7-9-13(16)10-8-12)14-5-3-2-4-6-15(14)18/h7-10,14H,2-6,11H2,1H3. The molecule has 1 aromatic carbocycles. The Morgan fingerprint density at radius 1 is 1.22 bits per heavy atom. The second-order valence-electron chi connectivity index (χ2n) is 5.12. The smallest absolute Gasteiger partial charge is 0.149 e. The van der Waals surface area contributed by atoms with E-state index in [9.17, 15) is 4.79 Å². The van der Waals surface area contributed by atoms with Crippen LogP contribution < -0.4 is 0 Å². The van der Waals surface area contributed by atoms with Gasteiger partial charge in [-0.15, -0.1) is 0 Å². The molecule has 0 saturated heterocycles. The van der Waals surface area contributed by atoms with Crippen LogP contribution in [-0.2, 0) is 11.3 Å². The van der Waals surface area contributed by atoms with E-state index in [4.69, 9.17) is 0 Å². The van der Waals surface area contributed by atoms with E-state index in [0.29, 0.717) is 5.78 Å². The minimum absolute atomic E-state index is 0.121. The van der Waals surface area contributed by atoms with Gasteiger partial charge in [-0.3, -0.25) is 9.69 Å². The topological polar surface area (TPSA) is 20.3 Å². The number of rotatable bonds is 3. The average molecular weight is 310 g/mol. The van der Waals surface area contributed by atoms with Crippen molar-refractivity contribution < 1.29 is 4.79 Å². The number of likely N-dealkylation sites (N-methyl/N-ethyl adjacent to an activating group) is 1. The SMILES string of the molecule is CN(Cc1ccc(Br)cc1)C1CCCCCC1=O. The van der Waals surface area contributed by atoms with Gasteiger partial charge < -0.3 is 0 Å². The maximum absolute atomic E-state index is 12.1. The maximum Gasteiger partial charge on any atom is 0.149 e. The van der Waals surface area contributed by atoms with Gasteiger partial charge in [0.25, 0.3) is 0 Å². The van der Waals surface area contributed by atoms with E-state index in [1.807, 2.05) is 0 Å². The largest absolute Gasteiger partial charge is 0.298 e. The number of hydrogen-bond acceptors (Lipinski definition) is 2. The van der Waals surface area contributed by atoms with Crippen LogP contribution in [0.25, 0.3) is 0 Å². The first kappa shape index (κ1) is 13.8. The molecule has 0 bridgehead atoms. The van der Waals surface area contributed by atoms with Crippen LogP contribution in [0.4, 0.5) is 0 Å². The van der Waals surface area contributed by atoms with Crippen molar-refractivity contribution in [3.8, 4) is 0 Å². The predicted molar refractivity (Wildman–Crippen MR) is 77.5 cm³/mol. The molecule has 1 atom stereocenters. The summed E-state index contributed by atoms with van der Waals surface area (Å²) in [6.45, 7) is 0.851. The molecule has 0 amide bonds. The van der Waals surface area contributed by atoms with Crippen LogP contribution in [0, 0.1) is 0 Å². The minimum atomic E-state index is 0.121. The van der Waals surface area contributed by atoms with E-state index in [2.05, 4.69) is 52.1 Å². The zero-order valence-corrected chi connectivity index (χ0v) is 12.4. The first-order valence-corrected chi connectivity index (χ1v) is 7.43. The Morgan fingerprint density at radius 3 is 2.67 bits per heavy atom. The van der Waals surface area contributed by atoms with E-state index >= 15 is 0 Å². The summed E-state index contributed by atoms with van der Waals surface area (Å²) in [7, 11) is 2.07. The first-order valence-electron chi connectivity index (χ1n) is 6.64. The van der Waals surface area contributed by atoms with Crippen LogP contribution in [0.3, 0.4) is 0 Å². The summed E-state index contributed by atoms with van der Waals surface area (Å²) < 4.78 is 1.10. The minimum Gasteiger partial charge on any atom is -0.298 e. The zero-order valence-electron chi connectivity index (χ0n) is 10.9. The summed E-state index contributed by atoms with van der Waals surface area (Å²) in [6.07, 6.45) is 5.23. The molecule has 3 heteroatoms. The van der Waals surface area contributed by atoms with E-state index < -0.39 is 0 Å². The molecule has 0 spiro atoms. The summed E-state index contributed by atoms with van der Waals surface area (Å²) in [6, 6.07) is 8.45. The van der Waals surface area contributed by atoms with Gasteiger partial charge in [-0.1, -0.05) is 40.9 Å². The number of benzene rings is 1. The summed E-state index contributed by atoms with van der Waals surface area (Å²) >= 11 is 3.44. The van der Waals surface area contributed by atoms with Gasteiger partial charge in [0, 0.05) is 17.4 Å². The van der Waals surface area contributed by atoms with Crippen molar-refractivity contribution >= 4 is 21.7 Å². The summed E-state index contributed by atoms with van der Waals surface area (Å²) in [5.74, 6) is 0.423. The summed E-state index contributed by atoms with van der Waals surface area (Å²) in [4.78, 5) is 14.3. The van der Waals surface area contributed by atoms with Crippen molar-refractivity contribution in [1.82, 2.24) is 4.90 Å². The van der Waals surface area contributed by atoms with Crippen LogP contribution in [0.15, 0.2) is 28.7 Å². The Labute approximate surface area is 117 Å². The third kappa shape index (κ3) is 3.66. The lowest BCUT2D eigenvalue weighted by Gasteiger charge is -2.25. The second-order valence-corrected chi connectivity index (χ2v) is 6.04. The van der Waals surface area contributed by atoms with Crippen molar-refractivity contribution in [2.75, 3.05) is 7.05 Å². The molecule has 1 saturated carbocycles. The maximum atomic E-state index is 12.1. The van der Waals surface area contributed by atoms with Gasteiger partial charge in [-0.25, -0.2) is 0 Å². The third-order valence-electron chi connectivity index (χ3n) is 3.65. The Morgan fingerprint density at radius 2 is 1.94 bits per heavy atom. The second kappa shape index (κ2) is 6.48. The number of Topliss-reactive ketones (excluding diaryl/α,β-unsaturated/α-hetero) is 1. The van der Waals surface area contributed by atoms with Gasteiger partial charge in [0.1, 0.15) is 5.78 Å². The summed E-state index contributed by atoms with van der Waals surface area (Å²) in [5.41, 5.74) is 1.26. The van der Waals surface area contributed by atoms with Gasteiger partial charge in [0.15, 0.2) is 0 Å². The van der Waals surface area contributed by atoms with Crippen molar-refractivity contribution in [3.05, 3.63) is 34.3 Å². The van der Waals surface area contributed by atoms with Crippen molar-refractivity contribution in [1.29, 1.82) is 0 Å². The average Bonchev–Trinajstić information content (AvgIpc) is 2.57. The van der Waals surface area contributed by atoms with Crippen molar-refractivity contribution in [3.63, 3.8) is 0 Å². The molecule has 1 aliphatic rings. The Hall–Kier alpha value is -0.670. The fraction of sp³-hybridized carbons (Fsp3) is 0.533. The van der Waals surface area contributed by atoms with E-state index in [1.165, 1.54) is 18.4 Å². The van der Waals surface area contributed by atoms with Crippen molar-refractivity contribution in [2.45, 2.75) is 44.7 Å². The predicted octanol–water partition coefficient (Wildman–Crippen LogP) is 3.78. The lowest BCUT2D eigenvalue weighted by atomic mass is 10.1. The molecule has 1 aromatic rings. The molecular formula is C15H20BrNO. The van der Waals surface area contributed by atoms with Gasteiger partial charge in [0.05, 0.1) is 6.04 Å². The lowest BCUT2D eigenvalue weighted by Crippen LogP contribution is -2.37. The molecule has 1 aliphatic carbocycles. The zero-order chi connectivity index (χ0) is 13.0. The van der Waals surface area contributed by atoms with E-state index in [1.54, 1.807) is 0 Å². The number of carbonyl (C=O) groups is 1. The number of ketones is 1. The van der Waals surface area contributed by atoms with Gasteiger partial charge >= 0.3 is 0 Å². The van der Waals surface area contributed by atoms with Gasteiger partial charge in [-0.2, -0.15) is 0 Å². The number of halogens is 1. The van der Waals surface area contributed by atoms with Crippen LogP contribution in [-0.4, -0.2) is 23.8 Å². The molecule has 0 heterocycles. The monoisotopic (exact) mass is 309 g/mol. The number of hydrogen-bond donors (Lipinski definition) is 0. The van der Waals surface area contributed by atoms with Gasteiger partial charge in [0.2, 0.25) is 0 Å². The quantitative estimate of drug-likeness (QED) is 0.792. The highest BCUT2D eigenvalue weighted by atomic mass is 79.9. The fourth-order valence-corrected chi connectivity index (χ4v) is 2.86. The Kier molecular flexibility index (Phi) is 4.95. The number of carbonyl (C=O) groups excluding carboxylic acids is 1. The molecule has 2 nitrogen and oxygen atoms in total. The summed E-state index contributed by atoms with van der Waals surface area (Å²) in [5, 5.41) is 0. The highest BCUT2D eigenvalue weighted by molar-refractivity contribution is 9.10. The molecule has 0 radical (unpaired) electrons. The van der Waals surface area contributed by atoms with Crippen LogP contribution in [0.2, 0.25) is 0 Å². The molecule has 0 aliphatic heterocycles. The highest BCUT2D eigenvalue weighted by Crippen LogP contribution is 2.20. The molecule has 1 fully saturated rings.